The average Bonchev–Trinajstić information content (AvgIpc) is 2.43. The molecule has 0 saturated carbocycles. The molecule has 0 aromatic heterocycles. The second-order valence-electron chi connectivity index (χ2n) is 6.69. The second-order valence-corrected chi connectivity index (χ2v) is 8.75. The van der Waals surface area contributed by atoms with Crippen LogP contribution < -0.4 is 4.72 Å². The van der Waals surface area contributed by atoms with E-state index in [1.807, 2.05) is 0 Å². The van der Waals surface area contributed by atoms with Crippen molar-refractivity contribution in [2.24, 2.45) is 0 Å². The zero-order valence-electron chi connectivity index (χ0n) is 14.1. The summed E-state index contributed by atoms with van der Waals surface area (Å²) in [4.78, 5) is -0.535. The molecule has 0 spiro atoms. The molecule has 2 aromatic carbocycles. The minimum absolute atomic E-state index is 0.0635. The van der Waals surface area contributed by atoms with Gasteiger partial charge in [-0.1, -0.05) is 38.4 Å². The van der Waals surface area contributed by atoms with Crippen LogP contribution in [0.25, 0.3) is 0 Å². The van der Waals surface area contributed by atoms with Crippen molar-refractivity contribution in [3.63, 3.8) is 0 Å². The van der Waals surface area contributed by atoms with Crippen molar-refractivity contribution in [2.45, 2.75) is 37.3 Å². The smallest absolute Gasteiger partial charge is 0.279 e. The summed E-state index contributed by atoms with van der Waals surface area (Å²) in [6.45, 7) is 5.41. The van der Waals surface area contributed by atoms with Crippen LogP contribution in [-0.4, -0.2) is 8.42 Å². The number of rotatable bonds is 3. The fourth-order valence-electron chi connectivity index (χ4n) is 2.29. The molecule has 3 nitrogen and oxygen atoms in total. The van der Waals surface area contributed by atoms with Crippen LogP contribution in [0.15, 0.2) is 41.3 Å². The molecule has 2 rings (SSSR count). The van der Waals surface area contributed by atoms with Crippen LogP contribution in [0.5, 0.6) is 0 Å². The van der Waals surface area contributed by atoms with Crippen LogP contribution in [0.1, 0.15) is 31.9 Å². The van der Waals surface area contributed by atoms with Crippen LogP contribution in [0.2, 0.25) is 5.02 Å². The highest BCUT2D eigenvalue weighted by atomic mass is 35.5. The van der Waals surface area contributed by atoms with E-state index < -0.39 is 42.9 Å². The Morgan fingerprint density at radius 3 is 2.08 bits per heavy atom. The minimum atomic E-state index is -4.65. The lowest BCUT2D eigenvalue weighted by molar-refractivity contribution is -0.137. The molecule has 2 aromatic rings. The third-order valence-corrected chi connectivity index (χ3v) is 5.44. The zero-order chi connectivity index (χ0) is 19.9. The number of hydrogen-bond donors (Lipinski definition) is 1. The number of benzene rings is 2. The van der Waals surface area contributed by atoms with Crippen molar-refractivity contribution in [1.82, 2.24) is 0 Å². The molecule has 0 amide bonds. The van der Waals surface area contributed by atoms with Gasteiger partial charge in [0.05, 0.1) is 16.3 Å². The van der Waals surface area contributed by atoms with E-state index >= 15 is 0 Å². The summed E-state index contributed by atoms with van der Waals surface area (Å²) in [6, 6.07) is 5.73. The molecular weight excluding hydrogens is 394 g/mol. The van der Waals surface area contributed by atoms with E-state index in [0.717, 1.165) is 12.1 Å². The van der Waals surface area contributed by atoms with Crippen molar-refractivity contribution in [1.29, 1.82) is 0 Å². The molecule has 0 atom stereocenters. The van der Waals surface area contributed by atoms with E-state index in [2.05, 4.69) is 4.72 Å². The van der Waals surface area contributed by atoms with Gasteiger partial charge in [-0.15, -0.1) is 0 Å². The number of hydrogen-bond acceptors (Lipinski definition) is 2. The lowest BCUT2D eigenvalue weighted by atomic mass is 9.86. The van der Waals surface area contributed by atoms with Gasteiger partial charge in [0.1, 0.15) is 10.7 Å². The Morgan fingerprint density at radius 1 is 1.00 bits per heavy atom. The lowest BCUT2D eigenvalue weighted by Crippen LogP contribution is -2.16. The van der Waals surface area contributed by atoms with E-state index in [9.17, 15) is 26.0 Å². The number of alkyl halides is 3. The molecule has 1 N–H and O–H groups in total. The van der Waals surface area contributed by atoms with Crippen LogP contribution in [0, 0.1) is 5.82 Å². The summed E-state index contributed by atoms with van der Waals surface area (Å²) in [5.74, 6) is -0.601. The van der Waals surface area contributed by atoms with Crippen molar-refractivity contribution >= 4 is 27.3 Å². The van der Waals surface area contributed by atoms with Gasteiger partial charge in [0.15, 0.2) is 0 Å². The molecule has 0 aliphatic carbocycles. The molecule has 0 unspecified atom stereocenters. The molecule has 0 aliphatic heterocycles. The highest BCUT2D eigenvalue weighted by Crippen LogP contribution is 2.34. The van der Waals surface area contributed by atoms with Gasteiger partial charge in [0.2, 0.25) is 0 Å². The van der Waals surface area contributed by atoms with Gasteiger partial charge in [0, 0.05) is 0 Å². The third-order valence-electron chi connectivity index (χ3n) is 3.58. The first kappa shape index (κ1) is 20.5. The van der Waals surface area contributed by atoms with Crippen LogP contribution in [-0.2, 0) is 21.6 Å². The van der Waals surface area contributed by atoms with Gasteiger partial charge < -0.3 is 0 Å². The van der Waals surface area contributed by atoms with Crippen LogP contribution >= 0.6 is 11.6 Å². The molecule has 0 radical (unpaired) electrons. The average molecular weight is 410 g/mol. The lowest BCUT2D eigenvalue weighted by Gasteiger charge is -2.20. The van der Waals surface area contributed by atoms with E-state index in [-0.39, 0.29) is 5.69 Å². The Balaban J connectivity index is 2.37. The largest absolute Gasteiger partial charge is 0.416 e. The maximum Gasteiger partial charge on any atom is 0.416 e. The SMILES string of the molecule is CC(C)(C)c1ccc(NS(=O)(=O)c2ccc(C(F)(F)F)cc2Cl)cc1F. The van der Waals surface area contributed by atoms with Crippen molar-refractivity contribution in [2.75, 3.05) is 4.72 Å². The number of sulfonamides is 1. The Kier molecular flexibility index (Phi) is 5.31. The third kappa shape index (κ3) is 4.48. The van der Waals surface area contributed by atoms with Crippen molar-refractivity contribution in [3.05, 3.63) is 58.4 Å². The monoisotopic (exact) mass is 409 g/mol. The molecular formula is C17H16ClF4NO2S. The summed E-state index contributed by atoms with van der Waals surface area (Å²) in [6.07, 6.45) is -4.65. The summed E-state index contributed by atoms with van der Waals surface area (Å²) in [5, 5.41) is -0.584. The molecule has 0 saturated heterocycles. The molecule has 9 heteroatoms. The van der Waals surface area contributed by atoms with E-state index in [1.54, 1.807) is 20.8 Å². The summed E-state index contributed by atoms with van der Waals surface area (Å²) < 4.78 is 79.0. The Labute approximate surface area is 154 Å². The van der Waals surface area contributed by atoms with Gasteiger partial charge in [-0.3, -0.25) is 4.72 Å². The highest BCUT2D eigenvalue weighted by molar-refractivity contribution is 7.92. The van der Waals surface area contributed by atoms with Gasteiger partial charge in [0.25, 0.3) is 10.0 Å². The summed E-state index contributed by atoms with van der Waals surface area (Å²) >= 11 is 5.71. The molecule has 0 fully saturated rings. The minimum Gasteiger partial charge on any atom is -0.279 e. The van der Waals surface area contributed by atoms with Crippen LogP contribution in [0.3, 0.4) is 0 Å². The Morgan fingerprint density at radius 2 is 1.62 bits per heavy atom. The Bertz CT molecular complexity index is 935. The first-order valence-electron chi connectivity index (χ1n) is 7.41. The molecule has 0 heterocycles. The molecule has 0 aliphatic rings. The van der Waals surface area contributed by atoms with E-state index in [4.69, 9.17) is 11.6 Å². The molecule has 26 heavy (non-hydrogen) atoms. The maximum atomic E-state index is 14.2. The normalized spacial score (nSPS) is 12.9. The summed E-state index contributed by atoms with van der Waals surface area (Å²) in [5.41, 5.74) is -1.21. The summed E-state index contributed by atoms with van der Waals surface area (Å²) in [7, 11) is -4.29. The first-order valence-corrected chi connectivity index (χ1v) is 9.27. The topological polar surface area (TPSA) is 46.2 Å². The molecule has 142 valence electrons. The van der Waals surface area contributed by atoms with Gasteiger partial charge in [-0.05, 0) is 41.3 Å². The standard InChI is InChI=1S/C17H16ClF4NO2S/c1-16(2,3)12-6-5-11(9-14(12)19)23-26(24,25)15-7-4-10(8-13(15)18)17(20,21)22/h4-9,23H,1-3H3. The van der Waals surface area contributed by atoms with Crippen molar-refractivity contribution < 1.29 is 26.0 Å². The molecule has 0 bridgehead atoms. The maximum absolute atomic E-state index is 14.2. The predicted molar refractivity (Wildman–Crippen MR) is 92.4 cm³/mol. The van der Waals surface area contributed by atoms with Gasteiger partial charge in [-0.25, -0.2) is 12.8 Å². The second kappa shape index (κ2) is 6.74. The highest BCUT2D eigenvalue weighted by Gasteiger charge is 2.32. The predicted octanol–water partition coefficient (Wildman–Crippen LogP) is 5.60. The number of nitrogens with one attached hydrogen (secondary N) is 1. The van der Waals surface area contributed by atoms with E-state index in [0.29, 0.717) is 17.7 Å². The quantitative estimate of drug-likeness (QED) is 0.671. The van der Waals surface area contributed by atoms with Crippen LogP contribution in [0.4, 0.5) is 23.2 Å². The number of halogens is 5. The fraction of sp³-hybridized carbons (Fsp3) is 0.294. The van der Waals surface area contributed by atoms with Crippen molar-refractivity contribution in [3.8, 4) is 0 Å². The fourth-order valence-corrected chi connectivity index (χ4v) is 3.89. The van der Waals surface area contributed by atoms with Gasteiger partial charge in [-0.2, -0.15) is 13.2 Å². The zero-order valence-corrected chi connectivity index (χ0v) is 15.7. The Hall–Kier alpha value is -1.80. The number of anilines is 1. The van der Waals surface area contributed by atoms with Gasteiger partial charge >= 0.3 is 6.18 Å². The first-order chi connectivity index (χ1) is 11.7. The van der Waals surface area contributed by atoms with E-state index in [1.165, 1.54) is 12.1 Å².